The number of anilines is 1. The number of carbonyl (C=O) groups is 2. The molecule has 3 fully saturated rings. The van der Waals surface area contributed by atoms with E-state index in [9.17, 15) is 9.59 Å². The van der Waals surface area contributed by atoms with Crippen LogP contribution in [0.4, 0.5) is 10.5 Å². The Morgan fingerprint density at radius 1 is 1.03 bits per heavy atom. The van der Waals surface area contributed by atoms with Gasteiger partial charge in [0.05, 0.1) is 6.61 Å². The van der Waals surface area contributed by atoms with Gasteiger partial charge in [0.25, 0.3) is 0 Å². The maximum atomic E-state index is 13.2. The van der Waals surface area contributed by atoms with Crippen LogP contribution in [0.5, 0.6) is 5.75 Å². The van der Waals surface area contributed by atoms with Crippen molar-refractivity contribution in [2.45, 2.75) is 76.9 Å². The SMILES string of the molecule is CCCCOc1ccc(N2CCN(C3CCC(N4CC[C@@H](NC(C)=O)C4)CC3)C2=O)cc1. The van der Waals surface area contributed by atoms with Crippen LogP contribution >= 0.6 is 0 Å². The van der Waals surface area contributed by atoms with Crippen LogP contribution in [0.2, 0.25) is 0 Å². The molecule has 3 aliphatic rings. The molecule has 1 aromatic rings. The Labute approximate surface area is 192 Å². The van der Waals surface area contributed by atoms with Gasteiger partial charge in [0.2, 0.25) is 5.91 Å². The molecular formula is C25H38N4O3. The summed E-state index contributed by atoms with van der Waals surface area (Å²) in [6.07, 6.45) is 7.61. The van der Waals surface area contributed by atoms with E-state index >= 15 is 0 Å². The number of urea groups is 1. The number of ether oxygens (including phenoxy) is 1. The van der Waals surface area contributed by atoms with Crippen LogP contribution in [0, 0.1) is 0 Å². The van der Waals surface area contributed by atoms with E-state index in [2.05, 4.69) is 22.0 Å². The first-order valence-electron chi connectivity index (χ1n) is 12.4. The van der Waals surface area contributed by atoms with Crippen LogP contribution in [0.1, 0.15) is 58.8 Å². The number of rotatable bonds is 8. The minimum Gasteiger partial charge on any atom is -0.494 e. The summed E-state index contributed by atoms with van der Waals surface area (Å²) < 4.78 is 5.75. The topological polar surface area (TPSA) is 65.1 Å². The van der Waals surface area contributed by atoms with Gasteiger partial charge in [0.1, 0.15) is 5.75 Å². The molecule has 2 aliphatic heterocycles. The number of carbonyl (C=O) groups excluding carboxylic acids is 2. The molecule has 1 N–H and O–H groups in total. The van der Waals surface area contributed by atoms with E-state index in [1.807, 2.05) is 29.2 Å². The highest BCUT2D eigenvalue weighted by atomic mass is 16.5. The third kappa shape index (κ3) is 5.37. The van der Waals surface area contributed by atoms with Crippen molar-refractivity contribution in [3.05, 3.63) is 24.3 Å². The predicted octanol–water partition coefficient (Wildman–Crippen LogP) is 3.63. The zero-order chi connectivity index (χ0) is 22.5. The lowest BCUT2D eigenvalue weighted by Gasteiger charge is -2.38. The number of amides is 3. The van der Waals surface area contributed by atoms with Crippen LogP contribution < -0.4 is 15.0 Å². The van der Waals surface area contributed by atoms with Crippen molar-refractivity contribution in [1.29, 1.82) is 0 Å². The standard InChI is InChI=1S/C25H38N4O3/c1-3-4-17-32-24-11-9-23(10-12-24)29-16-15-28(25(29)31)22-7-5-21(6-8-22)27-14-13-20(18-27)26-19(2)30/h9-12,20-22H,3-8,13-18H2,1-2H3,(H,26,30)/t20-,21?,22?/m1/s1. The van der Waals surface area contributed by atoms with Gasteiger partial charge in [-0.05, 0) is 62.8 Å². The second-order valence-electron chi connectivity index (χ2n) is 9.47. The normalized spacial score (nSPS) is 26.6. The first kappa shape index (κ1) is 22.9. The number of nitrogens with one attached hydrogen (secondary N) is 1. The summed E-state index contributed by atoms with van der Waals surface area (Å²) in [7, 11) is 0. The molecule has 1 aliphatic carbocycles. The van der Waals surface area contributed by atoms with Crippen LogP contribution in [0.25, 0.3) is 0 Å². The monoisotopic (exact) mass is 442 g/mol. The zero-order valence-electron chi connectivity index (χ0n) is 19.6. The molecule has 0 spiro atoms. The maximum absolute atomic E-state index is 13.2. The summed E-state index contributed by atoms with van der Waals surface area (Å²) in [5.41, 5.74) is 0.954. The van der Waals surface area contributed by atoms with Gasteiger partial charge in [-0.3, -0.25) is 14.6 Å². The largest absolute Gasteiger partial charge is 0.494 e. The van der Waals surface area contributed by atoms with Crippen LogP contribution in [0.3, 0.4) is 0 Å². The predicted molar refractivity (Wildman–Crippen MR) is 126 cm³/mol. The number of benzene rings is 1. The van der Waals surface area contributed by atoms with E-state index in [4.69, 9.17) is 4.74 Å². The van der Waals surface area contributed by atoms with Crippen molar-refractivity contribution in [3.8, 4) is 5.75 Å². The molecular weight excluding hydrogens is 404 g/mol. The highest BCUT2D eigenvalue weighted by molar-refractivity contribution is 5.94. The highest BCUT2D eigenvalue weighted by Gasteiger charge is 2.38. The van der Waals surface area contributed by atoms with Gasteiger partial charge in [-0.1, -0.05) is 13.3 Å². The number of nitrogens with zero attached hydrogens (tertiary/aromatic N) is 3. The third-order valence-corrected chi connectivity index (χ3v) is 7.21. The van der Waals surface area contributed by atoms with E-state index in [0.29, 0.717) is 18.1 Å². The van der Waals surface area contributed by atoms with E-state index in [-0.39, 0.29) is 11.9 Å². The van der Waals surface area contributed by atoms with Crippen molar-refractivity contribution in [1.82, 2.24) is 15.1 Å². The number of unbranched alkanes of at least 4 members (excludes halogenated alkanes) is 1. The third-order valence-electron chi connectivity index (χ3n) is 7.21. The molecule has 3 amide bonds. The molecule has 176 valence electrons. The summed E-state index contributed by atoms with van der Waals surface area (Å²) in [6, 6.07) is 9.29. The summed E-state index contributed by atoms with van der Waals surface area (Å²) in [4.78, 5) is 31.0. The molecule has 7 heteroatoms. The molecule has 0 bridgehead atoms. The quantitative estimate of drug-likeness (QED) is 0.625. The highest BCUT2D eigenvalue weighted by Crippen LogP contribution is 2.32. The lowest BCUT2D eigenvalue weighted by Crippen LogP contribution is -2.46. The van der Waals surface area contributed by atoms with E-state index in [0.717, 1.165) is 89.2 Å². The molecule has 1 aromatic carbocycles. The van der Waals surface area contributed by atoms with Gasteiger partial charge in [-0.2, -0.15) is 0 Å². The minimum atomic E-state index is 0.0660. The average Bonchev–Trinajstić information content (AvgIpc) is 3.41. The lowest BCUT2D eigenvalue weighted by molar-refractivity contribution is -0.119. The summed E-state index contributed by atoms with van der Waals surface area (Å²) in [6.45, 7) is 8.06. The van der Waals surface area contributed by atoms with Crippen molar-refractivity contribution in [3.63, 3.8) is 0 Å². The fraction of sp³-hybridized carbons (Fsp3) is 0.680. The number of likely N-dealkylation sites (tertiary alicyclic amines) is 1. The lowest BCUT2D eigenvalue weighted by atomic mass is 9.89. The summed E-state index contributed by atoms with van der Waals surface area (Å²) >= 11 is 0. The van der Waals surface area contributed by atoms with Gasteiger partial charge in [0.15, 0.2) is 0 Å². The Hall–Kier alpha value is -2.28. The number of hydrogen-bond acceptors (Lipinski definition) is 4. The second kappa shape index (κ2) is 10.6. The summed E-state index contributed by atoms with van der Waals surface area (Å²) in [5.74, 6) is 0.933. The van der Waals surface area contributed by atoms with Gasteiger partial charge in [0, 0.05) is 56.9 Å². The Morgan fingerprint density at radius 2 is 1.75 bits per heavy atom. The summed E-state index contributed by atoms with van der Waals surface area (Å²) in [5, 5.41) is 3.06. The van der Waals surface area contributed by atoms with E-state index < -0.39 is 0 Å². The molecule has 0 radical (unpaired) electrons. The molecule has 1 saturated carbocycles. The smallest absolute Gasteiger partial charge is 0.324 e. The van der Waals surface area contributed by atoms with Gasteiger partial charge >= 0.3 is 6.03 Å². The fourth-order valence-corrected chi connectivity index (χ4v) is 5.45. The van der Waals surface area contributed by atoms with Crippen molar-refractivity contribution in [2.75, 3.05) is 37.7 Å². The van der Waals surface area contributed by atoms with E-state index in [1.54, 1.807) is 6.92 Å². The Kier molecular flexibility index (Phi) is 7.55. The maximum Gasteiger partial charge on any atom is 0.324 e. The van der Waals surface area contributed by atoms with E-state index in [1.165, 1.54) is 0 Å². The van der Waals surface area contributed by atoms with Crippen molar-refractivity contribution in [2.24, 2.45) is 0 Å². The number of hydrogen-bond donors (Lipinski definition) is 1. The van der Waals surface area contributed by atoms with Crippen LogP contribution in [0.15, 0.2) is 24.3 Å². The van der Waals surface area contributed by atoms with Crippen LogP contribution in [-0.4, -0.2) is 72.6 Å². The Balaban J connectivity index is 1.25. The first-order valence-corrected chi connectivity index (χ1v) is 12.4. The van der Waals surface area contributed by atoms with Crippen LogP contribution in [-0.2, 0) is 4.79 Å². The van der Waals surface area contributed by atoms with Gasteiger partial charge in [-0.15, -0.1) is 0 Å². The second-order valence-corrected chi connectivity index (χ2v) is 9.47. The van der Waals surface area contributed by atoms with Crippen molar-refractivity contribution < 1.29 is 14.3 Å². The molecule has 1 atom stereocenters. The molecule has 32 heavy (non-hydrogen) atoms. The fourth-order valence-electron chi connectivity index (χ4n) is 5.45. The average molecular weight is 443 g/mol. The minimum absolute atomic E-state index is 0.0660. The molecule has 0 aromatic heterocycles. The molecule has 4 rings (SSSR count). The zero-order valence-corrected chi connectivity index (χ0v) is 19.6. The Bertz CT molecular complexity index is 776. The molecule has 2 heterocycles. The van der Waals surface area contributed by atoms with Gasteiger partial charge in [-0.25, -0.2) is 4.79 Å². The first-order chi connectivity index (χ1) is 15.5. The van der Waals surface area contributed by atoms with Gasteiger partial charge < -0.3 is 15.0 Å². The Morgan fingerprint density at radius 3 is 2.44 bits per heavy atom. The molecule has 7 nitrogen and oxygen atoms in total. The molecule has 0 unspecified atom stereocenters. The van der Waals surface area contributed by atoms with Crippen molar-refractivity contribution >= 4 is 17.6 Å². The molecule has 2 saturated heterocycles.